The van der Waals surface area contributed by atoms with Crippen molar-refractivity contribution in [1.29, 1.82) is 0 Å². The third kappa shape index (κ3) is 2.49. The van der Waals surface area contributed by atoms with Gasteiger partial charge in [0.25, 0.3) is 0 Å². The summed E-state index contributed by atoms with van der Waals surface area (Å²) in [6.45, 7) is 0. The van der Waals surface area contributed by atoms with Crippen molar-refractivity contribution in [3.63, 3.8) is 0 Å². The van der Waals surface area contributed by atoms with E-state index in [4.69, 9.17) is 11.6 Å². The van der Waals surface area contributed by atoms with Gasteiger partial charge in [-0.2, -0.15) is 18.3 Å². The summed E-state index contributed by atoms with van der Waals surface area (Å²) in [4.78, 5) is 0. The lowest BCUT2D eigenvalue weighted by Gasteiger charge is -2.13. The molecule has 0 spiro atoms. The van der Waals surface area contributed by atoms with Gasteiger partial charge in [0.1, 0.15) is 0 Å². The maximum atomic E-state index is 13.1. The number of halogens is 4. The first-order valence-corrected chi connectivity index (χ1v) is 6.73. The Labute approximate surface area is 123 Å². The highest BCUT2D eigenvalue weighted by atomic mass is 35.5. The summed E-state index contributed by atoms with van der Waals surface area (Å²) in [5.74, 6) is -0.186. The first kappa shape index (κ1) is 13.9. The van der Waals surface area contributed by atoms with Gasteiger partial charge >= 0.3 is 6.18 Å². The average Bonchev–Trinajstić information content (AvgIpc) is 2.89. The van der Waals surface area contributed by atoms with Crippen LogP contribution in [0.2, 0.25) is 0 Å². The van der Waals surface area contributed by atoms with Crippen molar-refractivity contribution < 1.29 is 13.2 Å². The van der Waals surface area contributed by atoms with Crippen LogP contribution in [0, 0.1) is 0 Å². The molecule has 0 aliphatic carbocycles. The van der Waals surface area contributed by atoms with Gasteiger partial charge in [-0.3, -0.25) is 0 Å². The highest BCUT2D eigenvalue weighted by molar-refractivity contribution is 6.17. The zero-order valence-electron chi connectivity index (χ0n) is 10.7. The number of alkyl halides is 4. The fraction of sp³-hybridized carbons (Fsp3) is 0.133. The number of para-hydroxylation sites is 1. The molecule has 0 unspecified atom stereocenters. The summed E-state index contributed by atoms with van der Waals surface area (Å²) in [5, 5.41) is 5.03. The summed E-state index contributed by atoms with van der Waals surface area (Å²) >= 11 is 5.59. The van der Waals surface area contributed by atoms with Gasteiger partial charge in [-0.15, -0.1) is 11.6 Å². The quantitative estimate of drug-likeness (QED) is 0.623. The van der Waals surface area contributed by atoms with E-state index in [2.05, 4.69) is 5.10 Å². The molecule has 0 saturated carbocycles. The van der Waals surface area contributed by atoms with Crippen molar-refractivity contribution in [1.82, 2.24) is 9.78 Å². The van der Waals surface area contributed by atoms with Crippen LogP contribution in [0.5, 0.6) is 0 Å². The number of benzene rings is 2. The maximum Gasteiger partial charge on any atom is 0.416 e. The van der Waals surface area contributed by atoms with E-state index in [1.165, 1.54) is 10.7 Å². The maximum absolute atomic E-state index is 13.1. The van der Waals surface area contributed by atoms with Crippen molar-refractivity contribution >= 4 is 22.5 Å². The first-order chi connectivity index (χ1) is 10.0. The van der Waals surface area contributed by atoms with E-state index in [1.54, 1.807) is 12.3 Å². The summed E-state index contributed by atoms with van der Waals surface area (Å²) in [7, 11) is 0. The Bertz CT molecular complexity index is 793. The molecule has 0 N–H and O–H groups in total. The van der Waals surface area contributed by atoms with E-state index in [1.807, 2.05) is 24.3 Å². The van der Waals surface area contributed by atoms with Gasteiger partial charge < -0.3 is 0 Å². The Hall–Kier alpha value is -2.01. The molecule has 3 rings (SSSR count). The van der Waals surface area contributed by atoms with Gasteiger partial charge in [0.15, 0.2) is 0 Å². The van der Waals surface area contributed by atoms with Crippen LogP contribution in [0.3, 0.4) is 0 Å². The van der Waals surface area contributed by atoms with Crippen LogP contribution in [0.4, 0.5) is 13.2 Å². The number of nitrogens with zero attached hydrogens (tertiary/aromatic N) is 2. The second-order valence-corrected chi connectivity index (χ2v) is 4.86. The number of hydrogen-bond acceptors (Lipinski definition) is 1. The van der Waals surface area contributed by atoms with Crippen molar-refractivity contribution in [3.05, 3.63) is 59.8 Å². The van der Waals surface area contributed by atoms with Crippen molar-refractivity contribution in [3.8, 4) is 5.69 Å². The van der Waals surface area contributed by atoms with Crippen LogP contribution in [-0.4, -0.2) is 9.78 Å². The fourth-order valence-corrected chi connectivity index (χ4v) is 2.49. The molecule has 3 aromatic rings. The van der Waals surface area contributed by atoms with Crippen LogP contribution in [0.15, 0.2) is 48.7 Å². The molecular formula is C15H10ClF3N2. The molecule has 0 amide bonds. The van der Waals surface area contributed by atoms with Crippen LogP contribution in [0.1, 0.15) is 11.1 Å². The average molecular weight is 311 g/mol. The monoisotopic (exact) mass is 310 g/mol. The van der Waals surface area contributed by atoms with Gasteiger partial charge in [-0.1, -0.05) is 24.3 Å². The topological polar surface area (TPSA) is 17.8 Å². The Balaban J connectivity index is 2.19. The van der Waals surface area contributed by atoms with E-state index in [9.17, 15) is 13.2 Å². The molecule has 0 aliphatic rings. The van der Waals surface area contributed by atoms with E-state index >= 15 is 0 Å². The lowest BCUT2D eigenvalue weighted by atomic mass is 10.1. The minimum absolute atomic E-state index is 0.0596. The van der Waals surface area contributed by atoms with Crippen LogP contribution in [0.25, 0.3) is 16.6 Å². The van der Waals surface area contributed by atoms with Crippen molar-refractivity contribution in [2.45, 2.75) is 12.1 Å². The van der Waals surface area contributed by atoms with E-state index in [-0.39, 0.29) is 11.4 Å². The molecule has 0 aliphatic heterocycles. The second-order valence-electron chi connectivity index (χ2n) is 4.59. The van der Waals surface area contributed by atoms with Crippen LogP contribution < -0.4 is 0 Å². The summed E-state index contributed by atoms with van der Waals surface area (Å²) in [6.07, 6.45) is -2.82. The van der Waals surface area contributed by atoms with E-state index in [0.29, 0.717) is 5.69 Å². The molecule has 0 atom stereocenters. The predicted molar refractivity (Wildman–Crippen MR) is 75.6 cm³/mol. The van der Waals surface area contributed by atoms with Crippen molar-refractivity contribution in [2.24, 2.45) is 0 Å². The summed E-state index contributed by atoms with van der Waals surface area (Å²) < 4.78 is 40.7. The molecule has 2 aromatic carbocycles. The molecule has 21 heavy (non-hydrogen) atoms. The molecule has 2 nitrogen and oxygen atoms in total. The standard InChI is InChI=1S/C15H10ClF3N2/c16-8-10-5-6-12(7-13(10)15(17,18)19)21-14-4-2-1-3-11(14)9-20-21/h1-7,9H,8H2. The minimum Gasteiger partial charge on any atom is -0.233 e. The van der Waals surface area contributed by atoms with Gasteiger partial charge in [0, 0.05) is 11.3 Å². The molecule has 0 radical (unpaired) electrons. The molecule has 1 heterocycles. The lowest BCUT2D eigenvalue weighted by Crippen LogP contribution is -2.10. The fourth-order valence-electron chi connectivity index (χ4n) is 2.25. The summed E-state index contributed by atoms with van der Waals surface area (Å²) in [6, 6.07) is 11.4. The lowest BCUT2D eigenvalue weighted by molar-refractivity contribution is -0.138. The van der Waals surface area contributed by atoms with E-state index < -0.39 is 11.7 Å². The number of fused-ring (bicyclic) bond motifs is 1. The normalized spacial score (nSPS) is 12.0. The van der Waals surface area contributed by atoms with Gasteiger partial charge in [-0.05, 0) is 23.8 Å². The Kier molecular flexibility index (Phi) is 3.37. The van der Waals surface area contributed by atoms with Crippen LogP contribution in [-0.2, 0) is 12.1 Å². The Morgan fingerprint density at radius 2 is 1.86 bits per heavy atom. The smallest absolute Gasteiger partial charge is 0.233 e. The third-order valence-corrected chi connectivity index (χ3v) is 3.55. The first-order valence-electron chi connectivity index (χ1n) is 6.20. The highest BCUT2D eigenvalue weighted by Crippen LogP contribution is 2.34. The molecule has 0 bridgehead atoms. The number of aromatic nitrogens is 2. The molecule has 108 valence electrons. The summed E-state index contributed by atoms with van der Waals surface area (Å²) in [5.41, 5.74) is 0.445. The number of hydrogen-bond donors (Lipinski definition) is 0. The van der Waals surface area contributed by atoms with Gasteiger partial charge in [-0.25, -0.2) is 4.68 Å². The SMILES string of the molecule is FC(F)(F)c1cc(-n2ncc3ccccc32)ccc1CCl. The molecular weight excluding hydrogens is 301 g/mol. The number of rotatable bonds is 2. The highest BCUT2D eigenvalue weighted by Gasteiger charge is 2.33. The molecule has 0 saturated heterocycles. The minimum atomic E-state index is -4.44. The van der Waals surface area contributed by atoms with E-state index in [0.717, 1.165) is 17.0 Å². The molecule has 0 fully saturated rings. The zero-order valence-corrected chi connectivity index (χ0v) is 11.5. The Morgan fingerprint density at radius 1 is 1.10 bits per heavy atom. The molecule has 6 heteroatoms. The Morgan fingerprint density at radius 3 is 2.57 bits per heavy atom. The van der Waals surface area contributed by atoms with Gasteiger partial charge in [0.2, 0.25) is 0 Å². The zero-order chi connectivity index (χ0) is 15.0. The second kappa shape index (κ2) is 5.07. The van der Waals surface area contributed by atoms with Gasteiger partial charge in [0.05, 0.1) is 23.0 Å². The van der Waals surface area contributed by atoms with Crippen LogP contribution >= 0.6 is 11.6 Å². The third-order valence-electron chi connectivity index (χ3n) is 3.26. The predicted octanol–water partition coefficient (Wildman–Crippen LogP) is 4.78. The molecule has 1 aromatic heterocycles. The van der Waals surface area contributed by atoms with Crippen molar-refractivity contribution in [2.75, 3.05) is 0 Å². The largest absolute Gasteiger partial charge is 0.416 e.